The highest BCUT2D eigenvalue weighted by Gasteiger charge is 2.15. The molecule has 0 unspecified atom stereocenters. The van der Waals surface area contributed by atoms with E-state index in [-0.39, 0.29) is 17.5 Å². The van der Waals surface area contributed by atoms with Crippen molar-refractivity contribution in [2.75, 3.05) is 17.7 Å². The number of methoxy groups -OCH3 is 1. The Morgan fingerprint density at radius 1 is 1.17 bits per heavy atom. The normalized spacial score (nSPS) is 10.8. The van der Waals surface area contributed by atoms with Gasteiger partial charge in [0.1, 0.15) is 5.75 Å². The molecule has 4 rings (SSSR count). The van der Waals surface area contributed by atoms with Gasteiger partial charge in [0.15, 0.2) is 11.6 Å². The topological polar surface area (TPSA) is 114 Å². The van der Waals surface area contributed by atoms with Gasteiger partial charge in [-0.2, -0.15) is 14.8 Å². The molecule has 9 nitrogen and oxygen atoms in total. The van der Waals surface area contributed by atoms with Crippen molar-refractivity contribution in [2.24, 2.45) is 0 Å². The van der Waals surface area contributed by atoms with Gasteiger partial charge < -0.3 is 20.5 Å². The average Bonchev–Trinajstić information content (AvgIpc) is 3.06. The number of aryl methyl sites for hydroxylation is 1. The second kappa shape index (κ2) is 7.66. The second-order valence-corrected chi connectivity index (χ2v) is 6.39. The van der Waals surface area contributed by atoms with Gasteiger partial charge in [-0.1, -0.05) is 6.07 Å². The van der Waals surface area contributed by atoms with Crippen LogP contribution in [0.1, 0.15) is 5.69 Å². The Morgan fingerprint density at radius 2 is 1.97 bits per heavy atom. The first-order chi connectivity index (χ1) is 14.4. The zero-order valence-corrected chi connectivity index (χ0v) is 16.0. The van der Waals surface area contributed by atoms with E-state index in [1.54, 1.807) is 37.3 Å². The summed E-state index contributed by atoms with van der Waals surface area (Å²) in [5, 5.41) is 20.3. The molecule has 2 aromatic carbocycles. The van der Waals surface area contributed by atoms with Crippen molar-refractivity contribution in [3.63, 3.8) is 0 Å². The molecule has 0 bridgehead atoms. The van der Waals surface area contributed by atoms with Crippen LogP contribution in [0.25, 0.3) is 10.9 Å². The van der Waals surface area contributed by atoms with Crippen molar-refractivity contribution in [1.29, 1.82) is 0 Å². The van der Waals surface area contributed by atoms with Crippen molar-refractivity contribution < 1.29 is 19.0 Å². The van der Waals surface area contributed by atoms with Gasteiger partial charge in [-0.15, -0.1) is 0 Å². The zero-order chi connectivity index (χ0) is 21.3. The fourth-order valence-corrected chi connectivity index (χ4v) is 2.94. The number of benzene rings is 2. The van der Waals surface area contributed by atoms with Gasteiger partial charge in [-0.3, -0.25) is 0 Å². The van der Waals surface area contributed by atoms with E-state index in [0.29, 0.717) is 22.6 Å². The van der Waals surface area contributed by atoms with Gasteiger partial charge in [-0.05, 0) is 37.3 Å². The van der Waals surface area contributed by atoms with Gasteiger partial charge in [-0.25, -0.2) is 14.2 Å². The Balaban J connectivity index is 1.65. The largest absolute Gasteiger partial charge is 0.508 e. The van der Waals surface area contributed by atoms with Crippen molar-refractivity contribution in [3.05, 3.63) is 60.2 Å². The molecule has 0 aliphatic carbocycles. The summed E-state index contributed by atoms with van der Waals surface area (Å²) in [5.74, 6) is -0.505. The number of carbonyl (C=O) groups is 1. The number of ether oxygens (including phenoxy) is 1. The lowest BCUT2D eigenvalue weighted by atomic mass is 10.2. The van der Waals surface area contributed by atoms with Crippen molar-refractivity contribution in [3.8, 4) is 5.75 Å². The maximum absolute atomic E-state index is 14.3. The van der Waals surface area contributed by atoms with Crippen molar-refractivity contribution in [1.82, 2.24) is 19.7 Å². The molecule has 30 heavy (non-hydrogen) atoms. The molecule has 2 aromatic heterocycles. The van der Waals surface area contributed by atoms with Crippen LogP contribution in [-0.4, -0.2) is 38.1 Å². The van der Waals surface area contributed by atoms with E-state index in [4.69, 9.17) is 4.74 Å². The van der Waals surface area contributed by atoms with Gasteiger partial charge in [0, 0.05) is 22.8 Å². The van der Waals surface area contributed by atoms with E-state index in [2.05, 4.69) is 25.7 Å². The smallest absolute Gasteiger partial charge is 0.434 e. The summed E-state index contributed by atoms with van der Waals surface area (Å²) < 4.78 is 20.2. The number of halogens is 1. The fraction of sp³-hybridized carbons (Fsp3) is 0.100. The van der Waals surface area contributed by atoms with Crippen LogP contribution < -0.4 is 10.6 Å². The van der Waals surface area contributed by atoms with Gasteiger partial charge in [0.05, 0.1) is 24.5 Å². The lowest BCUT2D eigenvalue weighted by molar-refractivity contribution is 0.170. The Kier molecular flexibility index (Phi) is 4.88. The van der Waals surface area contributed by atoms with Crippen LogP contribution in [0, 0.1) is 12.7 Å². The number of carbonyl (C=O) groups excluding carboxylic acids is 1. The van der Waals surface area contributed by atoms with E-state index < -0.39 is 11.9 Å². The number of aromatic nitrogens is 4. The van der Waals surface area contributed by atoms with Crippen LogP contribution in [0.5, 0.6) is 5.75 Å². The van der Waals surface area contributed by atoms with Crippen LogP contribution >= 0.6 is 0 Å². The number of anilines is 4. The SMILES string of the molecule is COC(=O)n1nc(C)c2ccc(Nc3nc(Nc4cccc(O)c4)ncc3F)cc21. The number of aromatic hydroxyl groups is 1. The number of hydrogen-bond acceptors (Lipinski definition) is 8. The average molecular weight is 408 g/mol. The molecule has 4 aromatic rings. The summed E-state index contributed by atoms with van der Waals surface area (Å²) in [6.07, 6.45) is 0.401. The molecule has 0 aliphatic rings. The monoisotopic (exact) mass is 408 g/mol. The van der Waals surface area contributed by atoms with Crippen molar-refractivity contribution in [2.45, 2.75) is 6.92 Å². The first-order valence-electron chi connectivity index (χ1n) is 8.88. The fourth-order valence-electron chi connectivity index (χ4n) is 2.94. The highest BCUT2D eigenvalue weighted by molar-refractivity contribution is 5.92. The standard InChI is InChI=1S/C20H17FN6O3/c1-11-15-7-6-13(9-17(15)27(26-11)20(29)30-2)23-18-16(21)10-22-19(25-18)24-12-4-3-5-14(28)8-12/h3-10,28H,1-2H3,(H2,22,23,24,25). The summed E-state index contributed by atoms with van der Waals surface area (Å²) in [7, 11) is 1.27. The van der Waals surface area contributed by atoms with Crippen LogP contribution in [0.3, 0.4) is 0 Å². The molecular formula is C20H17FN6O3. The first kappa shape index (κ1) is 19.1. The molecule has 152 valence electrons. The quantitative estimate of drug-likeness (QED) is 0.463. The number of hydrogen-bond donors (Lipinski definition) is 3. The summed E-state index contributed by atoms with van der Waals surface area (Å²) in [6, 6.07) is 11.5. The predicted octanol–water partition coefficient (Wildman–Crippen LogP) is 4.08. The minimum atomic E-state index is -0.658. The Labute approximate surface area is 170 Å². The summed E-state index contributed by atoms with van der Waals surface area (Å²) in [4.78, 5) is 20.0. The highest BCUT2D eigenvalue weighted by atomic mass is 19.1. The molecule has 0 amide bonds. The number of phenols is 1. The molecule has 0 fully saturated rings. The molecule has 3 N–H and O–H groups in total. The van der Waals surface area contributed by atoms with E-state index in [9.17, 15) is 14.3 Å². The number of fused-ring (bicyclic) bond motifs is 1. The van der Waals surface area contributed by atoms with Gasteiger partial charge >= 0.3 is 6.09 Å². The van der Waals surface area contributed by atoms with Crippen LogP contribution in [0.2, 0.25) is 0 Å². The predicted molar refractivity (Wildman–Crippen MR) is 109 cm³/mol. The molecule has 0 saturated heterocycles. The van der Waals surface area contributed by atoms with E-state index in [1.165, 1.54) is 19.2 Å². The molecule has 2 heterocycles. The summed E-state index contributed by atoms with van der Waals surface area (Å²) in [6.45, 7) is 1.78. The van der Waals surface area contributed by atoms with Gasteiger partial charge in [0.25, 0.3) is 0 Å². The molecule has 0 radical (unpaired) electrons. The van der Waals surface area contributed by atoms with Gasteiger partial charge in [0.2, 0.25) is 5.95 Å². The van der Waals surface area contributed by atoms with Crippen LogP contribution in [0.4, 0.5) is 32.3 Å². The molecule has 10 heteroatoms. The summed E-state index contributed by atoms with van der Waals surface area (Å²) >= 11 is 0. The third-order valence-corrected chi connectivity index (χ3v) is 4.32. The first-order valence-corrected chi connectivity index (χ1v) is 8.88. The third-order valence-electron chi connectivity index (χ3n) is 4.32. The lowest BCUT2D eigenvalue weighted by Crippen LogP contribution is -2.12. The lowest BCUT2D eigenvalue weighted by Gasteiger charge is -2.10. The minimum Gasteiger partial charge on any atom is -0.508 e. The zero-order valence-electron chi connectivity index (χ0n) is 16.0. The number of nitrogens with zero attached hydrogens (tertiary/aromatic N) is 4. The number of rotatable bonds is 4. The number of phenolic OH excluding ortho intramolecular Hbond substituents is 1. The van der Waals surface area contributed by atoms with Crippen molar-refractivity contribution >= 4 is 40.1 Å². The minimum absolute atomic E-state index is 0.0622. The maximum Gasteiger partial charge on any atom is 0.434 e. The van der Waals surface area contributed by atoms with Crippen LogP contribution in [0.15, 0.2) is 48.7 Å². The van der Waals surface area contributed by atoms with Crippen LogP contribution in [-0.2, 0) is 4.74 Å². The molecular weight excluding hydrogens is 391 g/mol. The molecule has 0 atom stereocenters. The molecule has 0 spiro atoms. The molecule has 0 saturated carbocycles. The van der Waals surface area contributed by atoms with E-state index in [0.717, 1.165) is 16.3 Å². The molecule has 0 aliphatic heterocycles. The maximum atomic E-state index is 14.3. The second-order valence-electron chi connectivity index (χ2n) is 6.39. The summed E-state index contributed by atoms with van der Waals surface area (Å²) in [5.41, 5.74) is 2.21. The van der Waals surface area contributed by atoms with E-state index >= 15 is 0 Å². The Hall–Kier alpha value is -4.21. The highest BCUT2D eigenvalue weighted by Crippen LogP contribution is 2.26. The Morgan fingerprint density at radius 3 is 2.73 bits per heavy atom. The third kappa shape index (κ3) is 3.70. The van der Waals surface area contributed by atoms with E-state index in [1.807, 2.05) is 0 Å². The number of nitrogens with one attached hydrogen (secondary N) is 2. The Bertz CT molecular complexity index is 1260.